The van der Waals surface area contributed by atoms with E-state index >= 15 is 0 Å². The molecule has 0 radical (unpaired) electrons. The van der Waals surface area contributed by atoms with Crippen molar-refractivity contribution in [2.45, 2.75) is 24.7 Å². The Hall–Kier alpha value is -1.00. The Bertz CT molecular complexity index is 455. The van der Waals surface area contributed by atoms with E-state index < -0.39 is 5.82 Å². The molecule has 2 rings (SSSR count). The molecule has 0 bridgehead atoms. The van der Waals surface area contributed by atoms with E-state index in [0.29, 0.717) is 23.6 Å². The third kappa shape index (κ3) is 1.84. The van der Waals surface area contributed by atoms with Crippen LogP contribution in [0.25, 0.3) is 0 Å². The van der Waals surface area contributed by atoms with Gasteiger partial charge in [0.25, 0.3) is 0 Å². The molecular formula is C13H17ClFNO2. The van der Waals surface area contributed by atoms with Gasteiger partial charge in [0.1, 0.15) is 5.82 Å². The van der Waals surface area contributed by atoms with E-state index in [0.717, 1.165) is 19.3 Å². The largest absolute Gasteiger partial charge is 0.493 e. The summed E-state index contributed by atoms with van der Waals surface area (Å²) < 4.78 is 24.9. The predicted molar refractivity (Wildman–Crippen MR) is 69.1 cm³/mol. The van der Waals surface area contributed by atoms with Gasteiger partial charge in [-0.15, -0.1) is 0 Å². The fraction of sp³-hybridized carbons (Fsp3) is 0.538. The Labute approximate surface area is 111 Å². The fourth-order valence-electron chi connectivity index (χ4n) is 2.57. The number of rotatable bonds is 4. The van der Waals surface area contributed by atoms with E-state index in [-0.39, 0.29) is 10.4 Å². The molecule has 5 heteroatoms. The second-order valence-electron chi connectivity index (χ2n) is 4.62. The molecule has 1 aliphatic carbocycles. The average Bonchev–Trinajstić information content (AvgIpc) is 2.33. The van der Waals surface area contributed by atoms with Crippen LogP contribution in [0, 0.1) is 5.82 Å². The van der Waals surface area contributed by atoms with Gasteiger partial charge >= 0.3 is 0 Å². The van der Waals surface area contributed by atoms with Gasteiger partial charge in [-0.05, 0) is 12.8 Å². The first-order chi connectivity index (χ1) is 8.59. The number of hydrogen-bond donors (Lipinski definition) is 1. The summed E-state index contributed by atoms with van der Waals surface area (Å²) in [5, 5.41) is 0.0439. The number of halogens is 2. The first-order valence-electron chi connectivity index (χ1n) is 5.90. The van der Waals surface area contributed by atoms with E-state index in [2.05, 4.69) is 0 Å². The molecule has 0 spiro atoms. The molecule has 2 N–H and O–H groups in total. The molecule has 100 valence electrons. The zero-order chi connectivity index (χ0) is 13.3. The van der Waals surface area contributed by atoms with Gasteiger partial charge in [-0.1, -0.05) is 18.0 Å². The summed E-state index contributed by atoms with van der Waals surface area (Å²) >= 11 is 5.92. The monoisotopic (exact) mass is 273 g/mol. The molecule has 18 heavy (non-hydrogen) atoms. The van der Waals surface area contributed by atoms with Crippen molar-refractivity contribution in [3.05, 3.63) is 22.5 Å². The van der Waals surface area contributed by atoms with Crippen molar-refractivity contribution in [2.24, 2.45) is 5.73 Å². The van der Waals surface area contributed by atoms with Crippen LogP contribution < -0.4 is 15.2 Å². The van der Waals surface area contributed by atoms with Gasteiger partial charge in [-0.25, -0.2) is 4.39 Å². The van der Waals surface area contributed by atoms with Gasteiger partial charge in [0.05, 0.1) is 19.2 Å². The zero-order valence-corrected chi connectivity index (χ0v) is 11.3. The summed E-state index contributed by atoms with van der Waals surface area (Å²) in [5.41, 5.74) is 5.92. The van der Waals surface area contributed by atoms with Gasteiger partial charge in [-0.3, -0.25) is 0 Å². The van der Waals surface area contributed by atoms with Crippen molar-refractivity contribution in [3.63, 3.8) is 0 Å². The molecule has 1 fully saturated rings. The summed E-state index contributed by atoms with van der Waals surface area (Å²) in [4.78, 5) is 0. The van der Waals surface area contributed by atoms with E-state index in [9.17, 15) is 4.39 Å². The van der Waals surface area contributed by atoms with Gasteiger partial charge in [0.2, 0.25) is 0 Å². The molecule has 0 aliphatic heterocycles. The Morgan fingerprint density at radius 1 is 1.39 bits per heavy atom. The maximum absolute atomic E-state index is 14.3. The Morgan fingerprint density at radius 3 is 2.44 bits per heavy atom. The average molecular weight is 274 g/mol. The highest BCUT2D eigenvalue weighted by atomic mass is 35.5. The van der Waals surface area contributed by atoms with Crippen LogP contribution in [-0.4, -0.2) is 20.8 Å². The molecule has 1 aromatic rings. The first kappa shape index (κ1) is 13.4. The SMILES string of the molecule is COc1cc(Cl)c(F)c(C2(CN)CCC2)c1OC. The maximum Gasteiger partial charge on any atom is 0.167 e. The van der Waals surface area contributed by atoms with Crippen molar-refractivity contribution in [1.82, 2.24) is 0 Å². The summed E-state index contributed by atoms with van der Waals surface area (Å²) in [5.74, 6) is 0.405. The van der Waals surface area contributed by atoms with Crippen molar-refractivity contribution >= 4 is 11.6 Å². The molecule has 1 saturated carbocycles. The van der Waals surface area contributed by atoms with E-state index in [4.69, 9.17) is 26.8 Å². The molecule has 1 aromatic carbocycles. The number of benzene rings is 1. The van der Waals surface area contributed by atoms with E-state index in [1.807, 2.05) is 0 Å². The first-order valence-corrected chi connectivity index (χ1v) is 6.28. The van der Waals surface area contributed by atoms with Gasteiger partial charge < -0.3 is 15.2 Å². The molecule has 0 aromatic heterocycles. The molecule has 3 nitrogen and oxygen atoms in total. The molecule has 1 aliphatic rings. The molecule has 0 atom stereocenters. The highest BCUT2D eigenvalue weighted by molar-refractivity contribution is 6.31. The minimum absolute atomic E-state index is 0.0439. The summed E-state index contributed by atoms with van der Waals surface area (Å²) in [7, 11) is 3.00. The van der Waals surface area contributed by atoms with Crippen molar-refractivity contribution in [3.8, 4) is 11.5 Å². The Morgan fingerprint density at radius 2 is 2.06 bits per heavy atom. The molecule has 0 heterocycles. The quantitative estimate of drug-likeness (QED) is 0.917. The highest BCUT2D eigenvalue weighted by Gasteiger charge is 2.43. The summed E-state index contributed by atoms with van der Waals surface area (Å²) in [6.07, 6.45) is 2.73. The van der Waals surface area contributed by atoms with Crippen LogP contribution in [0.3, 0.4) is 0 Å². The second kappa shape index (κ2) is 4.94. The van der Waals surface area contributed by atoms with Crippen molar-refractivity contribution in [2.75, 3.05) is 20.8 Å². The molecular weight excluding hydrogens is 257 g/mol. The van der Waals surface area contributed by atoms with Crippen LogP contribution in [0.5, 0.6) is 11.5 Å². The van der Waals surface area contributed by atoms with Gasteiger partial charge in [0.15, 0.2) is 11.5 Å². The normalized spacial score (nSPS) is 17.2. The third-order valence-corrected chi connectivity index (χ3v) is 4.07. The third-order valence-electron chi connectivity index (χ3n) is 3.79. The van der Waals surface area contributed by atoms with Crippen LogP contribution in [-0.2, 0) is 5.41 Å². The zero-order valence-electron chi connectivity index (χ0n) is 10.6. The lowest BCUT2D eigenvalue weighted by Crippen LogP contribution is -2.42. The van der Waals surface area contributed by atoms with E-state index in [1.165, 1.54) is 20.3 Å². The van der Waals surface area contributed by atoms with Crippen LogP contribution >= 0.6 is 11.6 Å². The minimum Gasteiger partial charge on any atom is -0.493 e. The molecule has 0 saturated heterocycles. The predicted octanol–water partition coefficient (Wildman–Crippen LogP) is 2.88. The maximum atomic E-state index is 14.3. The standard InChI is InChI=1S/C13H17ClFNO2/c1-17-9-6-8(14)11(15)10(12(9)18-2)13(7-16)4-3-5-13/h6H,3-5,7,16H2,1-2H3. The lowest BCUT2D eigenvalue weighted by molar-refractivity contribution is 0.231. The summed E-state index contributed by atoms with van der Waals surface area (Å²) in [6.45, 7) is 0.379. The lowest BCUT2D eigenvalue weighted by atomic mass is 9.64. The Balaban J connectivity index is 2.66. The number of hydrogen-bond acceptors (Lipinski definition) is 3. The lowest BCUT2D eigenvalue weighted by Gasteiger charge is -2.42. The van der Waals surface area contributed by atoms with E-state index in [1.54, 1.807) is 0 Å². The minimum atomic E-state index is -0.445. The topological polar surface area (TPSA) is 44.5 Å². The van der Waals surface area contributed by atoms with Gasteiger partial charge in [-0.2, -0.15) is 0 Å². The summed E-state index contributed by atoms with van der Waals surface area (Å²) in [6, 6.07) is 1.43. The van der Waals surface area contributed by atoms with Crippen LogP contribution in [0.2, 0.25) is 5.02 Å². The number of methoxy groups -OCH3 is 2. The van der Waals surface area contributed by atoms with Crippen molar-refractivity contribution in [1.29, 1.82) is 0 Å². The molecule has 0 amide bonds. The van der Waals surface area contributed by atoms with Crippen molar-refractivity contribution < 1.29 is 13.9 Å². The fourth-order valence-corrected chi connectivity index (χ4v) is 2.77. The van der Waals surface area contributed by atoms with Crippen LogP contribution in [0.4, 0.5) is 4.39 Å². The highest BCUT2D eigenvalue weighted by Crippen LogP contribution is 2.51. The van der Waals surface area contributed by atoms with Crippen LogP contribution in [0.15, 0.2) is 6.07 Å². The molecule has 0 unspecified atom stereocenters. The van der Waals surface area contributed by atoms with Crippen LogP contribution in [0.1, 0.15) is 24.8 Å². The van der Waals surface area contributed by atoms with Gasteiger partial charge in [0, 0.05) is 23.6 Å². The Kier molecular flexibility index (Phi) is 3.69. The number of nitrogens with two attached hydrogens (primary N) is 1. The smallest absolute Gasteiger partial charge is 0.167 e. The number of ether oxygens (including phenoxy) is 2. The second-order valence-corrected chi connectivity index (χ2v) is 5.03.